The summed E-state index contributed by atoms with van der Waals surface area (Å²) >= 11 is 0. The van der Waals surface area contributed by atoms with Crippen molar-refractivity contribution in [2.45, 2.75) is 32.3 Å². The number of nitrogens with zero attached hydrogens (tertiary/aromatic N) is 1. The number of benzene rings is 2. The lowest BCUT2D eigenvalue weighted by molar-refractivity contribution is 0.301. The Kier molecular flexibility index (Phi) is 3.33. The van der Waals surface area contributed by atoms with Crippen molar-refractivity contribution in [1.82, 2.24) is 15.0 Å². The Hall–Kier alpha value is -2.69. The number of aromatic amines is 2. The van der Waals surface area contributed by atoms with E-state index in [1.54, 1.807) is 0 Å². The van der Waals surface area contributed by atoms with Gasteiger partial charge in [-0.05, 0) is 48.9 Å². The van der Waals surface area contributed by atoms with E-state index in [1.807, 2.05) is 43.3 Å². The lowest BCUT2D eigenvalue weighted by Crippen LogP contribution is -2.33. The summed E-state index contributed by atoms with van der Waals surface area (Å²) in [5.74, 6) is 1.47. The van der Waals surface area contributed by atoms with Gasteiger partial charge in [-0.1, -0.05) is 30.3 Å². The molecule has 118 valence electrons. The van der Waals surface area contributed by atoms with Gasteiger partial charge < -0.3 is 4.74 Å². The summed E-state index contributed by atoms with van der Waals surface area (Å²) in [6, 6.07) is 14.1. The molecule has 1 aliphatic carbocycles. The summed E-state index contributed by atoms with van der Waals surface area (Å²) in [7, 11) is 0. The van der Waals surface area contributed by atoms with Gasteiger partial charge in [0.1, 0.15) is 12.4 Å². The van der Waals surface area contributed by atoms with Crippen LogP contribution in [-0.4, -0.2) is 15.0 Å². The first kappa shape index (κ1) is 13.9. The highest BCUT2D eigenvalue weighted by Gasteiger charge is 2.28. The first-order valence-electron chi connectivity index (χ1n) is 7.90. The molecule has 3 aromatic rings. The Morgan fingerprint density at radius 3 is 2.65 bits per heavy atom. The van der Waals surface area contributed by atoms with E-state index in [0.29, 0.717) is 12.5 Å². The molecule has 0 bridgehead atoms. The van der Waals surface area contributed by atoms with E-state index in [2.05, 4.69) is 16.4 Å². The second-order valence-corrected chi connectivity index (χ2v) is 6.05. The van der Waals surface area contributed by atoms with Crippen molar-refractivity contribution in [2.24, 2.45) is 0 Å². The molecule has 0 atom stereocenters. The summed E-state index contributed by atoms with van der Waals surface area (Å²) in [6.07, 6.45) is 2.42. The van der Waals surface area contributed by atoms with Gasteiger partial charge in [0, 0.05) is 5.56 Å². The van der Waals surface area contributed by atoms with Crippen LogP contribution in [0.25, 0.3) is 5.69 Å². The minimum absolute atomic E-state index is 0.143. The predicted molar refractivity (Wildman–Crippen MR) is 88.2 cm³/mol. The van der Waals surface area contributed by atoms with Crippen molar-refractivity contribution in [2.75, 3.05) is 0 Å². The number of aromatic nitrogens is 3. The van der Waals surface area contributed by atoms with Gasteiger partial charge in [0.25, 0.3) is 0 Å². The van der Waals surface area contributed by atoms with Crippen molar-refractivity contribution >= 4 is 0 Å². The maximum Gasteiger partial charge on any atom is 0.361 e. The molecule has 0 amide bonds. The van der Waals surface area contributed by atoms with Crippen LogP contribution in [-0.2, 0) is 6.61 Å². The summed E-state index contributed by atoms with van der Waals surface area (Å²) in [5, 5.41) is 5.35. The molecule has 2 N–H and O–H groups in total. The number of aryl methyl sites for hydroxylation is 1. The molecule has 5 heteroatoms. The Morgan fingerprint density at radius 1 is 1.17 bits per heavy atom. The minimum Gasteiger partial charge on any atom is -0.489 e. The van der Waals surface area contributed by atoms with Gasteiger partial charge in [0.2, 0.25) is 0 Å². The Labute approximate surface area is 133 Å². The van der Waals surface area contributed by atoms with E-state index in [0.717, 1.165) is 22.6 Å². The Bertz CT molecular complexity index is 884. The highest BCUT2D eigenvalue weighted by atomic mass is 16.5. The van der Waals surface area contributed by atoms with Crippen LogP contribution in [0.4, 0.5) is 0 Å². The topological polar surface area (TPSA) is 62.8 Å². The average Bonchev–Trinajstić information content (AvgIpc) is 3.38. The van der Waals surface area contributed by atoms with Crippen molar-refractivity contribution in [3.63, 3.8) is 0 Å². The van der Waals surface area contributed by atoms with Crippen LogP contribution < -0.4 is 10.4 Å². The second-order valence-electron chi connectivity index (χ2n) is 6.05. The molecule has 1 aliphatic rings. The zero-order valence-electron chi connectivity index (χ0n) is 13.0. The molecule has 0 saturated heterocycles. The van der Waals surface area contributed by atoms with Crippen molar-refractivity contribution in [3.8, 4) is 11.4 Å². The maximum atomic E-state index is 11.7. The monoisotopic (exact) mass is 309 g/mol. The molecule has 1 saturated carbocycles. The molecule has 1 heterocycles. The summed E-state index contributed by atoms with van der Waals surface area (Å²) in [5.41, 5.74) is 4.21. The van der Waals surface area contributed by atoms with Gasteiger partial charge in [-0.3, -0.25) is 0 Å². The van der Waals surface area contributed by atoms with E-state index in [1.165, 1.54) is 23.1 Å². The minimum atomic E-state index is -0.143. The maximum absolute atomic E-state index is 11.7. The standard InChI is InChI=1S/C18H19N3O2/c1-12-5-2-3-8-17(12)23-11-15-14(13-9-10-13)6-4-7-16(15)21-18(22)19-20-21/h2-8,13,20H,9-11H2,1H3,(H,19,22). The first-order valence-corrected chi connectivity index (χ1v) is 7.90. The molecule has 5 nitrogen and oxygen atoms in total. The summed E-state index contributed by atoms with van der Waals surface area (Å²) < 4.78 is 7.58. The van der Waals surface area contributed by atoms with E-state index in [9.17, 15) is 4.79 Å². The average molecular weight is 309 g/mol. The number of rotatable bonds is 5. The molecule has 23 heavy (non-hydrogen) atoms. The smallest absolute Gasteiger partial charge is 0.361 e. The summed E-state index contributed by atoms with van der Waals surface area (Å²) in [4.78, 5) is 11.7. The van der Waals surface area contributed by atoms with Gasteiger partial charge in [0.05, 0.1) is 5.69 Å². The van der Waals surface area contributed by atoms with Gasteiger partial charge in [0.15, 0.2) is 0 Å². The number of hydrogen-bond acceptors (Lipinski definition) is 2. The van der Waals surface area contributed by atoms with Crippen molar-refractivity contribution in [3.05, 3.63) is 69.6 Å². The van der Waals surface area contributed by atoms with Crippen molar-refractivity contribution in [1.29, 1.82) is 0 Å². The Balaban J connectivity index is 1.70. The number of para-hydroxylation sites is 1. The number of ether oxygens (including phenoxy) is 1. The van der Waals surface area contributed by atoms with Crippen LogP contribution in [0.3, 0.4) is 0 Å². The van der Waals surface area contributed by atoms with E-state index in [-0.39, 0.29) is 5.69 Å². The highest BCUT2D eigenvalue weighted by Crippen LogP contribution is 2.43. The van der Waals surface area contributed by atoms with E-state index >= 15 is 0 Å². The van der Waals surface area contributed by atoms with Crippen molar-refractivity contribution < 1.29 is 4.74 Å². The third kappa shape index (κ3) is 2.59. The summed E-state index contributed by atoms with van der Waals surface area (Å²) in [6.45, 7) is 2.49. The molecule has 0 unspecified atom stereocenters. The fraction of sp³-hybridized carbons (Fsp3) is 0.278. The van der Waals surface area contributed by atoms with E-state index in [4.69, 9.17) is 4.74 Å². The van der Waals surface area contributed by atoms with Gasteiger partial charge in [-0.15, -0.1) is 0 Å². The van der Waals surface area contributed by atoms with Gasteiger partial charge in [-0.25, -0.2) is 15.1 Å². The molecule has 1 aromatic heterocycles. The predicted octanol–water partition coefficient (Wildman–Crippen LogP) is 3.26. The lowest BCUT2D eigenvalue weighted by atomic mass is 10.0. The van der Waals surface area contributed by atoms with Crippen LogP contribution in [0.5, 0.6) is 5.75 Å². The Morgan fingerprint density at radius 2 is 2.00 bits per heavy atom. The molecule has 0 radical (unpaired) electrons. The molecular weight excluding hydrogens is 290 g/mol. The number of H-pyrrole nitrogens is 2. The zero-order valence-corrected chi connectivity index (χ0v) is 13.0. The molecular formula is C18H19N3O2. The van der Waals surface area contributed by atoms with Crippen LogP contribution in [0.15, 0.2) is 47.3 Å². The largest absolute Gasteiger partial charge is 0.489 e. The SMILES string of the molecule is Cc1ccccc1OCc1c(C2CC2)cccc1-n1[nH][nH]c1=O. The molecule has 1 fully saturated rings. The van der Waals surface area contributed by atoms with Crippen LogP contribution in [0.1, 0.15) is 35.4 Å². The normalized spacial score (nSPS) is 14.1. The highest BCUT2D eigenvalue weighted by molar-refractivity contribution is 5.48. The van der Waals surface area contributed by atoms with Crippen LogP contribution in [0.2, 0.25) is 0 Å². The zero-order chi connectivity index (χ0) is 15.8. The quantitative estimate of drug-likeness (QED) is 0.760. The fourth-order valence-corrected chi connectivity index (χ4v) is 2.93. The molecule has 0 aliphatic heterocycles. The van der Waals surface area contributed by atoms with E-state index < -0.39 is 0 Å². The van der Waals surface area contributed by atoms with Gasteiger partial charge in [-0.2, -0.15) is 4.68 Å². The third-order valence-electron chi connectivity index (χ3n) is 4.39. The fourth-order valence-electron chi connectivity index (χ4n) is 2.93. The van der Waals surface area contributed by atoms with Crippen LogP contribution >= 0.6 is 0 Å². The molecule has 4 rings (SSSR count). The van der Waals surface area contributed by atoms with Crippen LogP contribution in [0, 0.1) is 6.92 Å². The van der Waals surface area contributed by atoms with Gasteiger partial charge >= 0.3 is 5.69 Å². The molecule has 2 aromatic carbocycles. The second kappa shape index (κ2) is 5.50. The number of hydrogen-bond donors (Lipinski definition) is 2. The molecule has 0 spiro atoms. The third-order valence-corrected chi connectivity index (χ3v) is 4.39. The lowest BCUT2D eigenvalue weighted by Gasteiger charge is -2.18. The first-order chi connectivity index (χ1) is 11.2. The number of nitrogens with one attached hydrogen (secondary N) is 2.